The number of methoxy groups -OCH3 is 1. The minimum atomic E-state index is -0.165. The lowest BCUT2D eigenvalue weighted by molar-refractivity contribution is 0.124. The van der Waals surface area contributed by atoms with Gasteiger partial charge in [0, 0.05) is 13.1 Å². The lowest BCUT2D eigenvalue weighted by Gasteiger charge is -2.18. The van der Waals surface area contributed by atoms with Crippen LogP contribution < -0.4 is 0 Å². The van der Waals surface area contributed by atoms with Crippen LogP contribution in [-0.4, -0.2) is 31.2 Å². The second-order valence-corrected chi connectivity index (χ2v) is 4.04. The topological polar surface area (TPSA) is 29.5 Å². The van der Waals surface area contributed by atoms with Gasteiger partial charge < -0.3 is 9.64 Å². The molecule has 0 bridgehead atoms. The molecule has 0 N–H and O–H groups in total. The fraction of sp³-hybridized carbons (Fsp3) is 0.909. The van der Waals surface area contributed by atoms with Crippen LogP contribution in [0.3, 0.4) is 0 Å². The van der Waals surface area contributed by atoms with Gasteiger partial charge in [-0.25, -0.2) is 4.79 Å². The maximum atomic E-state index is 11.3. The predicted octanol–water partition coefficient (Wildman–Crippen LogP) is 2.66. The summed E-state index contributed by atoms with van der Waals surface area (Å²) in [5.74, 6) is 0.814. The molecule has 0 saturated carbocycles. The minimum Gasteiger partial charge on any atom is -0.453 e. The van der Waals surface area contributed by atoms with Gasteiger partial charge in [0.05, 0.1) is 7.11 Å². The molecule has 1 amide bonds. The number of amides is 1. The molecule has 1 saturated heterocycles. The van der Waals surface area contributed by atoms with Crippen molar-refractivity contribution in [3.8, 4) is 0 Å². The third-order valence-electron chi connectivity index (χ3n) is 2.98. The van der Waals surface area contributed by atoms with Gasteiger partial charge in [0.2, 0.25) is 0 Å². The van der Waals surface area contributed by atoms with Crippen LogP contribution in [0.5, 0.6) is 0 Å². The van der Waals surface area contributed by atoms with Crippen molar-refractivity contribution in [3.05, 3.63) is 0 Å². The van der Waals surface area contributed by atoms with Gasteiger partial charge in [0.1, 0.15) is 0 Å². The lowest BCUT2D eigenvalue weighted by Crippen LogP contribution is -2.31. The van der Waals surface area contributed by atoms with E-state index in [1.807, 2.05) is 4.90 Å². The van der Waals surface area contributed by atoms with Crippen LogP contribution in [0.2, 0.25) is 0 Å². The van der Waals surface area contributed by atoms with Crippen molar-refractivity contribution in [1.29, 1.82) is 0 Å². The maximum absolute atomic E-state index is 11.3. The van der Waals surface area contributed by atoms with Crippen LogP contribution >= 0.6 is 0 Å². The zero-order chi connectivity index (χ0) is 10.4. The SMILES string of the molecule is CCCC1CCCN(C(=O)OC)CC1. The number of carbonyl (C=O) groups excluding carboxylic acids is 1. The summed E-state index contributed by atoms with van der Waals surface area (Å²) in [6, 6.07) is 0. The second-order valence-electron chi connectivity index (χ2n) is 4.04. The molecule has 1 aliphatic heterocycles. The van der Waals surface area contributed by atoms with Crippen LogP contribution in [-0.2, 0) is 4.74 Å². The van der Waals surface area contributed by atoms with Crippen molar-refractivity contribution in [3.63, 3.8) is 0 Å². The van der Waals surface area contributed by atoms with E-state index >= 15 is 0 Å². The molecular formula is C11H21NO2. The van der Waals surface area contributed by atoms with Crippen LogP contribution in [0.25, 0.3) is 0 Å². The fourth-order valence-electron chi connectivity index (χ4n) is 2.17. The van der Waals surface area contributed by atoms with E-state index in [2.05, 4.69) is 6.92 Å². The lowest BCUT2D eigenvalue weighted by atomic mass is 9.96. The normalized spacial score (nSPS) is 23.0. The van der Waals surface area contributed by atoms with Gasteiger partial charge in [-0.3, -0.25) is 0 Å². The third-order valence-corrected chi connectivity index (χ3v) is 2.98. The molecule has 14 heavy (non-hydrogen) atoms. The van der Waals surface area contributed by atoms with Crippen molar-refractivity contribution in [2.45, 2.75) is 39.0 Å². The summed E-state index contributed by atoms with van der Waals surface area (Å²) >= 11 is 0. The highest BCUT2D eigenvalue weighted by molar-refractivity contribution is 5.67. The van der Waals surface area contributed by atoms with Crippen molar-refractivity contribution in [1.82, 2.24) is 4.90 Å². The molecule has 1 fully saturated rings. The first-order chi connectivity index (χ1) is 6.77. The number of nitrogens with zero attached hydrogens (tertiary/aromatic N) is 1. The van der Waals surface area contributed by atoms with Crippen LogP contribution in [0.15, 0.2) is 0 Å². The second kappa shape index (κ2) is 5.89. The molecule has 0 radical (unpaired) electrons. The first-order valence-corrected chi connectivity index (χ1v) is 5.60. The Hall–Kier alpha value is -0.730. The number of likely N-dealkylation sites (tertiary alicyclic amines) is 1. The van der Waals surface area contributed by atoms with Gasteiger partial charge in [0.25, 0.3) is 0 Å². The zero-order valence-corrected chi connectivity index (χ0v) is 9.29. The maximum Gasteiger partial charge on any atom is 0.409 e. The smallest absolute Gasteiger partial charge is 0.409 e. The molecule has 82 valence electrons. The van der Waals surface area contributed by atoms with Gasteiger partial charge in [0.15, 0.2) is 0 Å². The molecule has 1 atom stereocenters. The Morgan fingerprint density at radius 3 is 2.86 bits per heavy atom. The zero-order valence-electron chi connectivity index (χ0n) is 9.29. The Balaban J connectivity index is 2.36. The molecule has 0 aromatic heterocycles. The Morgan fingerprint density at radius 1 is 1.43 bits per heavy atom. The van der Waals surface area contributed by atoms with Gasteiger partial charge in [-0.15, -0.1) is 0 Å². The summed E-state index contributed by atoms with van der Waals surface area (Å²) in [7, 11) is 1.46. The minimum absolute atomic E-state index is 0.165. The van der Waals surface area contributed by atoms with E-state index in [0.29, 0.717) is 0 Å². The standard InChI is InChI=1S/C11H21NO2/c1-3-5-10-6-4-8-12(9-7-10)11(13)14-2/h10H,3-9H2,1-2H3. The number of rotatable bonds is 2. The molecule has 0 aromatic carbocycles. The van der Waals surface area contributed by atoms with Crippen molar-refractivity contribution < 1.29 is 9.53 Å². The molecule has 1 heterocycles. The first-order valence-electron chi connectivity index (χ1n) is 5.60. The van der Waals surface area contributed by atoms with Crippen molar-refractivity contribution >= 4 is 6.09 Å². The van der Waals surface area contributed by atoms with E-state index in [9.17, 15) is 4.79 Å². The van der Waals surface area contributed by atoms with Crippen LogP contribution in [0.1, 0.15) is 39.0 Å². The average Bonchev–Trinajstić information content (AvgIpc) is 2.43. The highest BCUT2D eigenvalue weighted by Gasteiger charge is 2.19. The van der Waals surface area contributed by atoms with Crippen LogP contribution in [0.4, 0.5) is 4.79 Å². The fourth-order valence-corrected chi connectivity index (χ4v) is 2.17. The van der Waals surface area contributed by atoms with E-state index in [0.717, 1.165) is 31.8 Å². The van der Waals surface area contributed by atoms with Gasteiger partial charge in [-0.2, -0.15) is 0 Å². The number of ether oxygens (including phenoxy) is 1. The third kappa shape index (κ3) is 3.20. The molecule has 1 rings (SSSR count). The summed E-state index contributed by atoms with van der Waals surface area (Å²) in [6.07, 6.45) is 5.92. The van der Waals surface area contributed by atoms with E-state index in [1.165, 1.54) is 26.4 Å². The molecule has 0 spiro atoms. The molecule has 0 aromatic rings. The highest BCUT2D eigenvalue weighted by atomic mass is 16.5. The number of hydrogen-bond acceptors (Lipinski definition) is 2. The molecule has 1 unspecified atom stereocenters. The van der Waals surface area contributed by atoms with Gasteiger partial charge >= 0.3 is 6.09 Å². The quantitative estimate of drug-likeness (QED) is 0.684. The largest absolute Gasteiger partial charge is 0.453 e. The summed E-state index contributed by atoms with van der Waals surface area (Å²) in [4.78, 5) is 13.1. The van der Waals surface area contributed by atoms with Crippen molar-refractivity contribution in [2.24, 2.45) is 5.92 Å². The van der Waals surface area contributed by atoms with Gasteiger partial charge in [-0.1, -0.05) is 19.8 Å². The summed E-state index contributed by atoms with van der Waals surface area (Å²) in [5, 5.41) is 0. The molecule has 0 aliphatic carbocycles. The molecule has 3 heteroatoms. The Kier molecular flexibility index (Phi) is 4.77. The summed E-state index contributed by atoms with van der Waals surface area (Å²) in [5.41, 5.74) is 0. The van der Waals surface area contributed by atoms with E-state index in [-0.39, 0.29) is 6.09 Å². The Morgan fingerprint density at radius 2 is 2.21 bits per heavy atom. The van der Waals surface area contributed by atoms with Crippen molar-refractivity contribution in [2.75, 3.05) is 20.2 Å². The number of hydrogen-bond donors (Lipinski definition) is 0. The van der Waals surface area contributed by atoms with Gasteiger partial charge in [-0.05, 0) is 25.2 Å². The van der Waals surface area contributed by atoms with Crippen LogP contribution in [0, 0.1) is 5.92 Å². The summed E-state index contributed by atoms with van der Waals surface area (Å²) in [6.45, 7) is 3.97. The van der Waals surface area contributed by atoms with E-state index in [4.69, 9.17) is 4.74 Å². The summed E-state index contributed by atoms with van der Waals surface area (Å²) < 4.78 is 4.73. The highest BCUT2D eigenvalue weighted by Crippen LogP contribution is 2.21. The molecule has 3 nitrogen and oxygen atoms in total. The Labute approximate surface area is 86.4 Å². The first kappa shape index (κ1) is 11.3. The number of carbonyl (C=O) groups is 1. The average molecular weight is 199 g/mol. The molecular weight excluding hydrogens is 178 g/mol. The van der Waals surface area contributed by atoms with E-state index in [1.54, 1.807) is 0 Å². The monoisotopic (exact) mass is 199 g/mol. The predicted molar refractivity (Wildman–Crippen MR) is 56.2 cm³/mol. The molecule has 1 aliphatic rings. The van der Waals surface area contributed by atoms with E-state index < -0.39 is 0 Å². The Bertz CT molecular complexity index is 182.